The first kappa shape index (κ1) is 16.4. The summed E-state index contributed by atoms with van der Waals surface area (Å²) in [5.74, 6) is -3.65. The van der Waals surface area contributed by atoms with Crippen molar-refractivity contribution in [3.05, 3.63) is 0 Å². The van der Waals surface area contributed by atoms with Crippen LogP contribution in [0, 0.1) is 0 Å². The van der Waals surface area contributed by atoms with Gasteiger partial charge in [-0.2, -0.15) is 4.89 Å². The SMILES string of the molecule is O=C([O-])CCC(=O)OOCC(=O)O.[K+]. The van der Waals surface area contributed by atoms with Crippen molar-refractivity contribution in [2.45, 2.75) is 12.8 Å². The first-order valence-electron chi connectivity index (χ1n) is 3.26. The minimum Gasteiger partial charge on any atom is -0.550 e. The molecule has 0 aromatic rings. The number of carbonyl (C=O) groups is 3. The van der Waals surface area contributed by atoms with Gasteiger partial charge in [-0.15, -0.1) is 0 Å². The molecule has 0 aliphatic rings. The van der Waals surface area contributed by atoms with Crippen LogP contribution in [0.5, 0.6) is 0 Å². The second-order valence-corrected chi connectivity index (χ2v) is 1.98. The zero-order valence-electron chi connectivity index (χ0n) is 7.52. The molecule has 0 heterocycles. The molecule has 74 valence electrons. The molecule has 0 fully saturated rings. The van der Waals surface area contributed by atoms with E-state index in [-0.39, 0.29) is 51.4 Å². The summed E-state index contributed by atoms with van der Waals surface area (Å²) in [6.45, 7) is -0.781. The van der Waals surface area contributed by atoms with Gasteiger partial charge in [0.1, 0.15) is 0 Å². The summed E-state index contributed by atoms with van der Waals surface area (Å²) in [7, 11) is 0. The largest absolute Gasteiger partial charge is 1.00 e. The van der Waals surface area contributed by atoms with Gasteiger partial charge in [0.05, 0.1) is 6.42 Å². The molecule has 0 unspecified atom stereocenters. The van der Waals surface area contributed by atoms with E-state index in [4.69, 9.17) is 5.11 Å². The van der Waals surface area contributed by atoms with Crippen molar-refractivity contribution in [1.82, 2.24) is 0 Å². The zero-order valence-corrected chi connectivity index (χ0v) is 10.6. The normalized spacial score (nSPS) is 8.57. The maximum Gasteiger partial charge on any atom is 1.00 e. The van der Waals surface area contributed by atoms with Crippen LogP contribution in [0.25, 0.3) is 0 Å². The Hall–Kier alpha value is 0.00636. The summed E-state index contributed by atoms with van der Waals surface area (Å²) < 4.78 is 0. The van der Waals surface area contributed by atoms with Crippen LogP contribution in [0.15, 0.2) is 0 Å². The van der Waals surface area contributed by atoms with Crippen molar-refractivity contribution in [3.63, 3.8) is 0 Å². The zero-order chi connectivity index (χ0) is 10.3. The number of carboxylic acids is 2. The predicted octanol–water partition coefficient (Wildman–Crippen LogP) is -4.92. The Kier molecular flexibility index (Phi) is 11.2. The van der Waals surface area contributed by atoms with E-state index in [1.165, 1.54) is 0 Å². The third kappa shape index (κ3) is 12.0. The van der Waals surface area contributed by atoms with Gasteiger partial charge in [-0.05, 0) is 6.42 Å². The molecule has 0 aromatic heterocycles. The van der Waals surface area contributed by atoms with E-state index in [1.807, 2.05) is 0 Å². The maximum atomic E-state index is 10.5. The van der Waals surface area contributed by atoms with Crippen molar-refractivity contribution in [2.75, 3.05) is 6.61 Å². The van der Waals surface area contributed by atoms with Crippen LogP contribution in [0.4, 0.5) is 0 Å². The van der Waals surface area contributed by atoms with Crippen LogP contribution in [0.2, 0.25) is 0 Å². The van der Waals surface area contributed by atoms with E-state index in [0.717, 1.165) is 0 Å². The second-order valence-electron chi connectivity index (χ2n) is 1.98. The summed E-state index contributed by atoms with van der Waals surface area (Å²) in [6.07, 6.45) is -0.906. The van der Waals surface area contributed by atoms with Gasteiger partial charge in [0.25, 0.3) is 0 Å². The minimum absolute atomic E-state index is 0. The monoisotopic (exact) mass is 230 g/mol. The number of hydrogen-bond donors (Lipinski definition) is 1. The van der Waals surface area contributed by atoms with Crippen molar-refractivity contribution in [3.8, 4) is 0 Å². The Bertz CT molecular complexity index is 214. The number of carbonyl (C=O) groups excluding carboxylic acids is 2. The standard InChI is InChI=1S/C6H8O7.K/c7-4(8)1-2-6(11)13-12-3-5(9)10;/h1-3H2,(H,7,8)(H,9,10);/q;+1/p-1. The Morgan fingerprint density at radius 3 is 2.21 bits per heavy atom. The van der Waals surface area contributed by atoms with Crippen LogP contribution < -0.4 is 56.5 Å². The average Bonchev–Trinajstić information content (AvgIpc) is 2.00. The molecule has 7 nitrogen and oxygen atoms in total. The Balaban J connectivity index is 0. The van der Waals surface area contributed by atoms with E-state index in [0.29, 0.717) is 0 Å². The van der Waals surface area contributed by atoms with Crippen molar-refractivity contribution >= 4 is 17.9 Å². The third-order valence-electron chi connectivity index (χ3n) is 0.868. The summed E-state index contributed by atoms with van der Waals surface area (Å²) >= 11 is 0. The minimum atomic E-state index is -1.39. The molecule has 0 aliphatic heterocycles. The van der Waals surface area contributed by atoms with Gasteiger partial charge in [0, 0.05) is 5.97 Å². The van der Waals surface area contributed by atoms with E-state index in [2.05, 4.69) is 9.78 Å². The van der Waals surface area contributed by atoms with Crippen molar-refractivity contribution in [1.29, 1.82) is 0 Å². The number of hydrogen-bond acceptors (Lipinski definition) is 6. The third-order valence-corrected chi connectivity index (χ3v) is 0.868. The van der Waals surface area contributed by atoms with Gasteiger partial charge in [-0.1, -0.05) is 0 Å². The molecule has 0 rings (SSSR count). The molecule has 0 spiro atoms. The van der Waals surface area contributed by atoms with Crippen LogP contribution >= 0.6 is 0 Å². The van der Waals surface area contributed by atoms with Crippen LogP contribution in [0.1, 0.15) is 12.8 Å². The van der Waals surface area contributed by atoms with E-state index < -0.39 is 37.4 Å². The number of rotatable bonds is 6. The quantitative estimate of drug-likeness (QED) is 0.276. The van der Waals surface area contributed by atoms with E-state index in [1.54, 1.807) is 0 Å². The van der Waals surface area contributed by atoms with Gasteiger partial charge in [-0.3, -0.25) is 4.89 Å². The average molecular weight is 230 g/mol. The first-order chi connectivity index (χ1) is 6.02. The van der Waals surface area contributed by atoms with Crippen molar-refractivity contribution in [2.24, 2.45) is 0 Å². The number of carboxylic acid groups (broad SMARTS) is 2. The maximum absolute atomic E-state index is 10.5. The van der Waals surface area contributed by atoms with Gasteiger partial charge in [0.2, 0.25) is 0 Å². The molecule has 0 saturated heterocycles. The molecule has 0 radical (unpaired) electrons. The van der Waals surface area contributed by atoms with Crippen molar-refractivity contribution < 1.29 is 85.8 Å². The molecule has 1 N–H and O–H groups in total. The van der Waals surface area contributed by atoms with Gasteiger partial charge >= 0.3 is 63.3 Å². The second kappa shape index (κ2) is 9.56. The van der Waals surface area contributed by atoms with Gasteiger partial charge < -0.3 is 15.0 Å². The molecule has 0 aromatic carbocycles. The fraction of sp³-hybridized carbons (Fsp3) is 0.500. The predicted molar refractivity (Wildman–Crippen MR) is 33.9 cm³/mol. The summed E-state index contributed by atoms with van der Waals surface area (Å²) in [6, 6.07) is 0. The molecule has 0 aliphatic carbocycles. The summed E-state index contributed by atoms with van der Waals surface area (Å²) in [5, 5.41) is 17.9. The first-order valence-corrected chi connectivity index (χ1v) is 3.26. The molecule has 0 bridgehead atoms. The van der Waals surface area contributed by atoms with Crippen LogP contribution in [0.3, 0.4) is 0 Å². The molecular weight excluding hydrogens is 223 g/mol. The Labute approximate surface area is 122 Å². The topological polar surface area (TPSA) is 113 Å². The fourth-order valence-corrected chi connectivity index (χ4v) is 0.391. The fourth-order valence-electron chi connectivity index (χ4n) is 0.391. The van der Waals surface area contributed by atoms with Gasteiger partial charge in [-0.25, -0.2) is 9.59 Å². The van der Waals surface area contributed by atoms with E-state index >= 15 is 0 Å². The molecule has 0 amide bonds. The summed E-state index contributed by atoms with van der Waals surface area (Å²) in [4.78, 5) is 38.0. The van der Waals surface area contributed by atoms with Gasteiger partial charge in [0.15, 0.2) is 6.61 Å². The van der Waals surface area contributed by atoms with Crippen LogP contribution in [-0.2, 0) is 24.2 Å². The van der Waals surface area contributed by atoms with Crippen LogP contribution in [-0.4, -0.2) is 29.6 Å². The molecule has 0 saturated carbocycles. The Morgan fingerprint density at radius 2 is 1.79 bits per heavy atom. The molecular formula is C6H7KO7. The molecule has 8 heteroatoms. The molecule has 14 heavy (non-hydrogen) atoms. The summed E-state index contributed by atoms with van der Waals surface area (Å²) in [5.41, 5.74) is 0. The number of aliphatic carboxylic acids is 2. The smallest absolute Gasteiger partial charge is 0.550 e. The van der Waals surface area contributed by atoms with E-state index in [9.17, 15) is 19.5 Å². The molecule has 0 atom stereocenters. The Morgan fingerprint density at radius 1 is 1.21 bits per heavy atom.